The normalized spacial score (nSPS) is 13.2. The standard InChI is InChI=1S/C10H11NO4/c1-12-8-3-7(5-11-13-2)4-9-10(8)15-6-14-9/h3-5H,6H2,1-2H3. The van der Waals surface area contributed by atoms with Gasteiger partial charge in [0.2, 0.25) is 12.5 Å². The Labute approximate surface area is 87.2 Å². The van der Waals surface area contributed by atoms with Crippen LogP contribution in [0.3, 0.4) is 0 Å². The Balaban J connectivity index is 2.39. The summed E-state index contributed by atoms with van der Waals surface area (Å²) in [7, 11) is 3.06. The molecule has 5 nitrogen and oxygen atoms in total. The molecule has 1 aromatic rings. The molecule has 2 rings (SSSR count). The molecule has 1 aromatic carbocycles. The zero-order valence-electron chi connectivity index (χ0n) is 8.52. The number of oxime groups is 1. The van der Waals surface area contributed by atoms with Crippen molar-refractivity contribution in [1.82, 2.24) is 0 Å². The van der Waals surface area contributed by atoms with Crippen molar-refractivity contribution in [2.45, 2.75) is 0 Å². The second-order valence-electron chi connectivity index (χ2n) is 2.87. The number of rotatable bonds is 3. The lowest BCUT2D eigenvalue weighted by molar-refractivity contribution is 0.171. The van der Waals surface area contributed by atoms with Crippen LogP contribution < -0.4 is 14.2 Å². The lowest BCUT2D eigenvalue weighted by atomic mass is 10.2. The zero-order chi connectivity index (χ0) is 10.7. The maximum Gasteiger partial charge on any atom is 0.231 e. The molecule has 0 radical (unpaired) electrons. The molecule has 80 valence electrons. The van der Waals surface area contributed by atoms with E-state index in [1.165, 1.54) is 7.11 Å². The first-order valence-corrected chi connectivity index (χ1v) is 4.39. The van der Waals surface area contributed by atoms with Gasteiger partial charge in [0.15, 0.2) is 11.5 Å². The molecule has 0 saturated heterocycles. The lowest BCUT2D eigenvalue weighted by Gasteiger charge is -2.05. The second kappa shape index (κ2) is 4.08. The predicted octanol–water partition coefficient (Wildman–Crippen LogP) is 1.40. The van der Waals surface area contributed by atoms with E-state index in [0.717, 1.165) is 5.56 Å². The van der Waals surface area contributed by atoms with Crippen molar-refractivity contribution in [3.63, 3.8) is 0 Å². The van der Waals surface area contributed by atoms with Gasteiger partial charge in [0.05, 0.1) is 13.3 Å². The molecule has 0 unspecified atom stereocenters. The Bertz CT molecular complexity index is 389. The highest BCUT2D eigenvalue weighted by molar-refractivity contribution is 5.82. The van der Waals surface area contributed by atoms with Gasteiger partial charge < -0.3 is 19.0 Å². The summed E-state index contributed by atoms with van der Waals surface area (Å²) in [5, 5.41) is 3.67. The molecular weight excluding hydrogens is 198 g/mol. The van der Waals surface area contributed by atoms with E-state index in [2.05, 4.69) is 9.99 Å². The number of ether oxygens (including phenoxy) is 3. The number of methoxy groups -OCH3 is 1. The summed E-state index contributed by atoms with van der Waals surface area (Å²) in [4.78, 5) is 4.60. The SMILES string of the molecule is CON=Cc1cc(OC)c2c(c1)OCO2. The zero-order valence-corrected chi connectivity index (χ0v) is 8.52. The van der Waals surface area contributed by atoms with Crippen molar-refractivity contribution in [2.24, 2.45) is 5.16 Å². The Morgan fingerprint density at radius 1 is 1.33 bits per heavy atom. The van der Waals surface area contributed by atoms with E-state index in [-0.39, 0.29) is 6.79 Å². The molecule has 0 saturated carbocycles. The van der Waals surface area contributed by atoms with Gasteiger partial charge in [-0.15, -0.1) is 0 Å². The van der Waals surface area contributed by atoms with E-state index >= 15 is 0 Å². The largest absolute Gasteiger partial charge is 0.493 e. The van der Waals surface area contributed by atoms with E-state index in [9.17, 15) is 0 Å². The second-order valence-corrected chi connectivity index (χ2v) is 2.87. The highest BCUT2D eigenvalue weighted by atomic mass is 16.7. The molecule has 0 N–H and O–H groups in total. The molecule has 1 aliphatic heterocycles. The van der Waals surface area contributed by atoms with Crippen molar-refractivity contribution in [3.05, 3.63) is 17.7 Å². The molecule has 0 spiro atoms. The van der Waals surface area contributed by atoms with Gasteiger partial charge in [-0.2, -0.15) is 0 Å². The third-order valence-electron chi connectivity index (χ3n) is 1.99. The summed E-state index contributed by atoms with van der Waals surface area (Å²) in [6, 6.07) is 3.61. The first kappa shape index (κ1) is 9.64. The molecule has 0 aromatic heterocycles. The molecule has 15 heavy (non-hydrogen) atoms. The van der Waals surface area contributed by atoms with Gasteiger partial charge in [0, 0.05) is 5.56 Å². The molecule has 1 aliphatic rings. The van der Waals surface area contributed by atoms with Crippen LogP contribution in [0.2, 0.25) is 0 Å². The average molecular weight is 209 g/mol. The Kier molecular flexibility index (Phi) is 2.62. The van der Waals surface area contributed by atoms with Crippen LogP contribution in [-0.2, 0) is 4.84 Å². The number of hydrogen-bond donors (Lipinski definition) is 0. The van der Waals surface area contributed by atoms with Crippen LogP contribution in [0.1, 0.15) is 5.56 Å². The highest BCUT2D eigenvalue weighted by Crippen LogP contribution is 2.41. The fraction of sp³-hybridized carbons (Fsp3) is 0.300. The third-order valence-corrected chi connectivity index (χ3v) is 1.99. The van der Waals surface area contributed by atoms with Gasteiger partial charge in [-0.25, -0.2) is 0 Å². The quantitative estimate of drug-likeness (QED) is 0.557. The van der Waals surface area contributed by atoms with Gasteiger partial charge in [-0.1, -0.05) is 5.16 Å². The number of nitrogens with zero attached hydrogens (tertiary/aromatic N) is 1. The van der Waals surface area contributed by atoms with E-state index in [4.69, 9.17) is 14.2 Å². The van der Waals surface area contributed by atoms with Crippen molar-refractivity contribution < 1.29 is 19.0 Å². The molecule has 5 heteroatoms. The molecule has 0 fully saturated rings. The maximum absolute atomic E-state index is 5.26. The van der Waals surface area contributed by atoms with Crippen LogP contribution in [0.25, 0.3) is 0 Å². The van der Waals surface area contributed by atoms with Crippen molar-refractivity contribution in [3.8, 4) is 17.2 Å². The van der Waals surface area contributed by atoms with Crippen molar-refractivity contribution in [2.75, 3.05) is 21.0 Å². The van der Waals surface area contributed by atoms with Gasteiger partial charge >= 0.3 is 0 Å². The number of benzene rings is 1. The summed E-state index contributed by atoms with van der Waals surface area (Å²) < 4.78 is 15.7. The van der Waals surface area contributed by atoms with Crippen LogP contribution in [0.15, 0.2) is 17.3 Å². The molecule has 1 heterocycles. The Hall–Kier alpha value is -1.91. The van der Waals surface area contributed by atoms with E-state index in [0.29, 0.717) is 17.2 Å². The molecule has 0 aliphatic carbocycles. The van der Waals surface area contributed by atoms with Crippen molar-refractivity contribution in [1.29, 1.82) is 0 Å². The average Bonchev–Trinajstić information content (AvgIpc) is 2.73. The first-order chi connectivity index (χ1) is 7.35. The molecule has 0 amide bonds. The van der Waals surface area contributed by atoms with Gasteiger partial charge in [-0.05, 0) is 12.1 Å². The van der Waals surface area contributed by atoms with E-state index in [1.807, 2.05) is 6.07 Å². The van der Waals surface area contributed by atoms with Gasteiger partial charge in [0.1, 0.15) is 7.11 Å². The Morgan fingerprint density at radius 3 is 2.93 bits per heavy atom. The first-order valence-electron chi connectivity index (χ1n) is 4.39. The van der Waals surface area contributed by atoms with Crippen LogP contribution in [-0.4, -0.2) is 27.2 Å². The smallest absolute Gasteiger partial charge is 0.231 e. The fourth-order valence-electron chi connectivity index (χ4n) is 1.34. The summed E-state index contributed by atoms with van der Waals surface area (Å²) >= 11 is 0. The predicted molar refractivity (Wildman–Crippen MR) is 53.7 cm³/mol. The minimum absolute atomic E-state index is 0.219. The van der Waals surface area contributed by atoms with Gasteiger partial charge in [-0.3, -0.25) is 0 Å². The van der Waals surface area contributed by atoms with Gasteiger partial charge in [0.25, 0.3) is 0 Å². The van der Waals surface area contributed by atoms with E-state index < -0.39 is 0 Å². The van der Waals surface area contributed by atoms with Crippen LogP contribution in [0, 0.1) is 0 Å². The maximum atomic E-state index is 5.26. The summed E-state index contributed by atoms with van der Waals surface area (Å²) in [5.74, 6) is 1.92. The number of hydrogen-bond acceptors (Lipinski definition) is 5. The molecular formula is C10H11NO4. The molecule has 0 atom stereocenters. The van der Waals surface area contributed by atoms with Crippen LogP contribution >= 0.6 is 0 Å². The lowest BCUT2D eigenvalue weighted by Crippen LogP contribution is -1.93. The third kappa shape index (κ3) is 1.81. The monoisotopic (exact) mass is 209 g/mol. The molecule has 0 bridgehead atoms. The number of fused-ring (bicyclic) bond motifs is 1. The Morgan fingerprint density at radius 2 is 2.20 bits per heavy atom. The van der Waals surface area contributed by atoms with E-state index in [1.54, 1.807) is 19.4 Å². The van der Waals surface area contributed by atoms with Crippen LogP contribution in [0.4, 0.5) is 0 Å². The minimum Gasteiger partial charge on any atom is -0.493 e. The summed E-state index contributed by atoms with van der Waals surface area (Å²) in [6.07, 6.45) is 1.57. The highest BCUT2D eigenvalue weighted by Gasteiger charge is 2.19. The van der Waals surface area contributed by atoms with Crippen LogP contribution in [0.5, 0.6) is 17.2 Å². The topological polar surface area (TPSA) is 49.3 Å². The fourth-order valence-corrected chi connectivity index (χ4v) is 1.34. The van der Waals surface area contributed by atoms with Crippen molar-refractivity contribution >= 4 is 6.21 Å². The summed E-state index contributed by atoms with van der Waals surface area (Å²) in [6.45, 7) is 0.219. The summed E-state index contributed by atoms with van der Waals surface area (Å²) in [5.41, 5.74) is 0.831. The minimum atomic E-state index is 0.219.